The van der Waals surface area contributed by atoms with E-state index >= 15 is 0 Å². The van der Waals surface area contributed by atoms with Crippen LogP contribution in [-0.4, -0.2) is 11.7 Å². The first-order valence-corrected chi connectivity index (χ1v) is 5.83. The maximum absolute atomic E-state index is 10.5. The molecule has 0 radical (unpaired) electrons. The van der Waals surface area contributed by atoms with Gasteiger partial charge in [0.1, 0.15) is 0 Å². The summed E-state index contributed by atoms with van der Waals surface area (Å²) in [5.74, 6) is 0.757. The van der Waals surface area contributed by atoms with E-state index in [0.29, 0.717) is 0 Å². The van der Waals surface area contributed by atoms with E-state index < -0.39 is 6.03 Å². The predicted molar refractivity (Wildman–Crippen MR) is 61.6 cm³/mol. The number of unbranched alkanes of at least 4 members (excludes halogenated alkanes) is 1. The lowest BCUT2D eigenvalue weighted by atomic mass is 9.84. The fourth-order valence-corrected chi connectivity index (χ4v) is 2.11. The first-order valence-electron chi connectivity index (χ1n) is 5.83. The molecule has 0 saturated heterocycles. The normalized spacial score (nSPS) is 24.1. The van der Waals surface area contributed by atoms with Crippen LogP contribution < -0.4 is 11.2 Å². The molecule has 0 unspecified atom stereocenters. The number of rotatable bonds is 4. The number of primary amides is 1. The van der Waals surface area contributed by atoms with E-state index in [9.17, 15) is 4.79 Å². The Morgan fingerprint density at radius 3 is 3.13 bits per heavy atom. The maximum Gasteiger partial charge on any atom is 0.332 e. The van der Waals surface area contributed by atoms with Gasteiger partial charge in [-0.15, -0.1) is 0 Å². The fourth-order valence-electron chi connectivity index (χ4n) is 2.11. The van der Waals surface area contributed by atoms with Crippen LogP contribution in [0.3, 0.4) is 0 Å². The molecule has 0 aliphatic heterocycles. The van der Waals surface area contributed by atoms with E-state index in [-0.39, 0.29) is 0 Å². The minimum atomic E-state index is -0.571. The van der Waals surface area contributed by atoms with Crippen molar-refractivity contribution in [3.8, 4) is 0 Å². The first kappa shape index (κ1) is 12.0. The third-order valence-electron chi connectivity index (χ3n) is 2.89. The summed E-state index contributed by atoms with van der Waals surface area (Å²) in [5, 5.41) is 4.03. The van der Waals surface area contributed by atoms with Crippen molar-refractivity contribution in [3.05, 3.63) is 0 Å². The number of hydrogen-bond acceptors (Lipinski definition) is 2. The second-order valence-electron chi connectivity index (χ2n) is 4.26. The molecule has 4 nitrogen and oxygen atoms in total. The molecule has 1 atom stereocenters. The number of amides is 2. The van der Waals surface area contributed by atoms with Gasteiger partial charge >= 0.3 is 6.03 Å². The van der Waals surface area contributed by atoms with E-state index in [1.807, 2.05) is 0 Å². The molecule has 0 aromatic rings. The highest BCUT2D eigenvalue weighted by atomic mass is 16.2. The summed E-state index contributed by atoms with van der Waals surface area (Å²) in [5.41, 5.74) is 8.38. The van der Waals surface area contributed by atoms with Crippen LogP contribution in [0.5, 0.6) is 0 Å². The summed E-state index contributed by atoms with van der Waals surface area (Å²) in [6.07, 6.45) is 8.35. The largest absolute Gasteiger partial charge is 0.350 e. The summed E-state index contributed by atoms with van der Waals surface area (Å²) in [6, 6.07) is -0.571. The van der Waals surface area contributed by atoms with Crippen molar-refractivity contribution in [2.75, 3.05) is 0 Å². The number of hydrogen-bond donors (Lipinski definition) is 2. The summed E-state index contributed by atoms with van der Waals surface area (Å²) in [6.45, 7) is 2.21. The van der Waals surface area contributed by atoms with Crippen LogP contribution in [0.1, 0.15) is 51.9 Å². The lowest BCUT2D eigenvalue weighted by Crippen LogP contribution is -2.27. The third-order valence-corrected chi connectivity index (χ3v) is 2.89. The van der Waals surface area contributed by atoms with E-state index in [1.165, 1.54) is 32.1 Å². The van der Waals surface area contributed by atoms with Gasteiger partial charge in [-0.25, -0.2) is 10.2 Å². The number of carbonyl (C=O) groups excluding carboxylic acids is 1. The lowest BCUT2D eigenvalue weighted by Gasteiger charge is -2.22. The van der Waals surface area contributed by atoms with E-state index in [0.717, 1.165) is 24.5 Å². The predicted octanol–water partition coefficient (Wildman–Crippen LogP) is 2.39. The van der Waals surface area contributed by atoms with Crippen molar-refractivity contribution in [2.24, 2.45) is 16.8 Å². The zero-order valence-electron chi connectivity index (χ0n) is 9.46. The van der Waals surface area contributed by atoms with E-state index in [4.69, 9.17) is 5.73 Å². The van der Waals surface area contributed by atoms with Gasteiger partial charge in [0.05, 0.1) is 0 Å². The quantitative estimate of drug-likeness (QED) is 0.689. The molecule has 3 N–H and O–H groups in total. The molecular formula is C11H21N3O. The highest BCUT2D eigenvalue weighted by molar-refractivity contribution is 5.86. The van der Waals surface area contributed by atoms with Gasteiger partial charge in [0.15, 0.2) is 0 Å². The van der Waals surface area contributed by atoms with Crippen molar-refractivity contribution < 1.29 is 4.79 Å². The van der Waals surface area contributed by atoms with Crippen molar-refractivity contribution >= 4 is 11.7 Å². The number of urea groups is 1. The highest BCUT2D eigenvalue weighted by Crippen LogP contribution is 2.26. The van der Waals surface area contributed by atoms with Crippen LogP contribution in [-0.2, 0) is 0 Å². The van der Waals surface area contributed by atoms with Crippen LogP contribution in [0.15, 0.2) is 5.10 Å². The summed E-state index contributed by atoms with van der Waals surface area (Å²) < 4.78 is 0. The molecule has 0 bridgehead atoms. The van der Waals surface area contributed by atoms with Gasteiger partial charge < -0.3 is 5.73 Å². The first-order chi connectivity index (χ1) is 7.22. The molecule has 0 spiro atoms. The van der Waals surface area contributed by atoms with Crippen molar-refractivity contribution in [2.45, 2.75) is 51.9 Å². The number of nitrogens with one attached hydrogen (secondary N) is 1. The molecule has 2 amide bonds. The Kier molecular flexibility index (Phi) is 5.15. The molecular weight excluding hydrogens is 190 g/mol. The van der Waals surface area contributed by atoms with Gasteiger partial charge in [0.2, 0.25) is 0 Å². The fraction of sp³-hybridized carbons (Fsp3) is 0.818. The highest BCUT2D eigenvalue weighted by Gasteiger charge is 2.17. The van der Waals surface area contributed by atoms with Crippen LogP contribution in [0.4, 0.5) is 4.79 Å². The molecule has 1 rings (SSSR count). The Morgan fingerprint density at radius 2 is 2.47 bits per heavy atom. The van der Waals surface area contributed by atoms with Crippen molar-refractivity contribution in [1.29, 1.82) is 0 Å². The Morgan fingerprint density at radius 1 is 1.67 bits per heavy atom. The van der Waals surface area contributed by atoms with Crippen LogP contribution in [0.2, 0.25) is 0 Å². The summed E-state index contributed by atoms with van der Waals surface area (Å²) in [4.78, 5) is 10.5. The van der Waals surface area contributed by atoms with Crippen molar-refractivity contribution in [3.63, 3.8) is 0 Å². The second kappa shape index (κ2) is 6.43. The molecule has 1 saturated carbocycles. The molecule has 0 heterocycles. The molecule has 1 aliphatic rings. The molecule has 15 heavy (non-hydrogen) atoms. The third kappa shape index (κ3) is 4.81. The zero-order valence-corrected chi connectivity index (χ0v) is 9.46. The number of hydrazone groups is 1. The standard InChI is InChI=1S/C11H21N3O/c1-2-3-5-9-6-4-7-10(8-9)13-14-11(12)15/h9H,2-8H2,1H3,(H3,12,14,15)/b13-10-/t9-/m1/s1. The summed E-state index contributed by atoms with van der Waals surface area (Å²) in [7, 11) is 0. The Hall–Kier alpha value is -1.06. The monoisotopic (exact) mass is 211 g/mol. The summed E-state index contributed by atoms with van der Waals surface area (Å²) >= 11 is 0. The van der Waals surface area contributed by atoms with Gasteiger partial charge in [0.25, 0.3) is 0 Å². The molecule has 0 aromatic heterocycles. The molecule has 1 aliphatic carbocycles. The minimum Gasteiger partial charge on any atom is -0.350 e. The van der Waals surface area contributed by atoms with Crippen LogP contribution in [0.25, 0.3) is 0 Å². The average molecular weight is 211 g/mol. The van der Waals surface area contributed by atoms with Gasteiger partial charge in [-0.2, -0.15) is 5.10 Å². The van der Waals surface area contributed by atoms with Gasteiger partial charge in [-0.05, 0) is 31.6 Å². The maximum atomic E-state index is 10.5. The second-order valence-corrected chi connectivity index (χ2v) is 4.26. The average Bonchev–Trinajstić information content (AvgIpc) is 2.24. The number of carbonyl (C=O) groups is 1. The van der Waals surface area contributed by atoms with Crippen molar-refractivity contribution in [1.82, 2.24) is 5.43 Å². The van der Waals surface area contributed by atoms with Crippen LogP contribution in [0, 0.1) is 5.92 Å². The van der Waals surface area contributed by atoms with Gasteiger partial charge in [0, 0.05) is 5.71 Å². The van der Waals surface area contributed by atoms with E-state index in [2.05, 4.69) is 17.5 Å². The number of nitrogens with zero attached hydrogens (tertiary/aromatic N) is 1. The minimum absolute atomic E-state index is 0.571. The Bertz CT molecular complexity index is 238. The lowest BCUT2D eigenvalue weighted by molar-refractivity contribution is 0.249. The Balaban J connectivity index is 2.34. The number of nitrogens with two attached hydrogens (primary N) is 1. The Labute approximate surface area is 91.3 Å². The SMILES string of the molecule is CCCC[C@@H]1CCC/C(=N/NC(N)=O)C1. The molecule has 0 aromatic carbocycles. The topological polar surface area (TPSA) is 67.5 Å². The van der Waals surface area contributed by atoms with Gasteiger partial charge in [-0.1, -0.05) is 26.2 Å². The molecule has 4 heteroatoms. The molecule has 86 valence electrons. The zero-order chi connectivity index (χ0) is 11.1. The van der Waals surface area contributed by atoms with E-state index in [1.54, 1.807) is 0 Å². The van der Waals surface area contributed by atoms with Crippen LogP contribution >= 0.6 is 0 Å². The molecule has 1 fully saturated rings. The smallest absolute Gasteiger partial charge is 0.332 e. The van der Waals surface area contributed by atoms with Gasteiger partial charge in [-0.3, -0.25) is 0 Å².